The molecule has 3 aromatic rings. The van der Waals surface area contributed by atoms with E-state index in [9.17, 15) is 4.79 Å². The van der Waals surface area contributed by atoms with Crippen LogP contribution in [0, 0.1) is 13.8 Å². The Morgan fingerprint density at radius 1 is 0.966 bits per heavy atom. The van der Waals surface area contributed by atoms with Gasteiger partial charge >= 0.3 is 0 Å². The number of nitrogens with one attached hydrogen (secondary N) is 1. The standard InChI is InChI=1S/C24H28N4O/c1-18-16-19(2)28(26-18)17-20-6-8-21(9-7-20)24(29)25-22-10-12-23(13-11-22)27-14-4-3-5-15-27/h6-13,16H,3-5,14-15,17H2,1-2H3,(H,25,29). The van der Waals surface area contributed by atoms with Gasteiger partial charge in [0.05, 0.1) is 12.2 Å². The van der Waals surface area contributed by atoms with Crippen LogP contribution in [0.3, 0.4) is 0 Å². The van der Waals surface area contributed by atoms with E-state index in [2.05, 4.69) is 40.4 Å². The van der Waals surface area contributed by atoms with Gasteiger partial charge in [0.1, 0.15) is 0 Å². The van der Waals surface area contributed by atoms with Crippen molar-refractivity contribution in [3.05, 3.63) is 77.1 Å². The van der Waals surface area contributed by atoms with Gasteiger partial charge in [-0.3, -0.25) is 9.48 Å². The maximum Gasteiger partial charge on any atom is 0.255 e. The summed E-state index contributed by atoms with van der Waals surface area (Å²) < 4.78 is 1.98. The maximum atomic E-state index is 12.6. The molecule has 2 heterocycles. The largest absolute Gasteiger partial charge is 0.372 e. The molecule has 0 atom stereocenters. The Hall–Kier alpha value is -3.08. The zero-order valence-electron chi connectivity index (χ0n) is 17.2. The molecule has 1 fully saturated rings. The van der Waals surface area contributed by atoms with E-state index in [4.69, 9.17) is 0 Å². The zero-order chi connectivity index (χ0) is 20.2. The Morgan fingerprint density at radius 2 is 1.66 bits per heavy atom. The first kappa shape index (κ1) is 19.2. The number of carbonyl (C=O) groups excluding carboxylic acids is 1. The van der Waals surface area contributed by atoms with Gasteiger partial charge in [-0.25, -0.2) is 0 Å². The summed E-state index contributed by atoms with van der Waals surface area (Å²) in [6.45, 7) is 7.00. The van der Waals surface area contributed by atoms with E-state index in [0.717, 1.165) is 35.7 Å². The smallest absolute Gasteiger partial charge is 0.255 e. The summed E-state index contributed by atoms with van der Waals surface area (Å²) >= 11 is 0. The fraction of sp³-hybridized carbons (Fsp3) is 0.333. The van der Waals surface area contributed by atoms with Crippen molar-refractivity contribution in [3.63, 3.8) is 0 Å². The Labute approximate surface area is 172 Å². The summed E-state index contributed by atoms with van der Waals surface area (Å²) in [4.78, 5) is 15.0. The maximum absolute atomic E-state index is 12.6. The molecule has 1 aliphatic rings. The van der Waals surface area contributed by atoms with Crippen LogP contribution in [0.25, 0.3) is 0 Å². The third-order valence-corrected chi connectivity index (χ3v) is 5.50. The molecule has 2 aromatic carbocycles. The SMILES string of the molecule is Cc1cc(C)n(Cc2ccc(C(=O)Nc3ccc(N4CCCCC4)cc3)cc2)n1. The Balaban J connectivity index is 1.37. The first-order chi connectivity index (χ1) is 14.1. The summed E-state index contributed by atoms with van der Waals surface area (Å²) in [6, 6.07) is 18.0. The number of nitrogens with zero attached hydrogens (tertiary/aromatic N) is 3. The average Bonchev–Trinajstić information content (AvgIpc) is 3.06. The van der Waals surface area contributed by atoms with Crippen LogP contribution in [0.5, 0.6) is 0 Å². The van der Waals surface area contributed by atoms with Crippen LogP contribution in [0.4, 0.5) is 11.4 Å². The molecule has 0 saturated carbocycles. The van der Waals surface area contributed by atoms with Crippen molar-refractivity contribution in [3.8, 4) is 0 Å². The average molecular weight is 389 g/mol. The number of aryl methyl sites for hydroxylation is 2. The fourth-order valence-corrected chi connectivity index (χ4v) is 3.88. The molecule has 0 radical (unpaired) electrons. The Kier molecular flexibility index (Phi) is 5.65. The Bertz CT molecular complexity index is 967. The second kappa shape index (κ2) is 8.52. The van der Waals surface area contributed by atoms with Crippen LogP contribution in [0.15, 0.2) is 54.6 Å². The van der Waals surface area contributed by atoms with Crippen LogP contribution >= 0.6 is 0 Å². The van der Waals surface area contributed by atoms with E-state index >= 15 is 0 Å². The highest BCUT2D eigenvalue weighted by Crippen LogP contribution is 2.22. The molecule has 0 aliphatic carbocycles. The number of rotatable bonds is 5. The molecule has 1 aliphatic heterocycles. The number of aromatic nitrogens is 2. The molecular weight excluding hydrogens is 360 g/mol. The summed E-state index contributed by atoms with van der Waals surface area (Å²) in [5.41, 5.74) is 5.99. The number of anilines is 2. The van der Waals surface area contributed by atoms with Gasteiger partial charge in [-0.2, -0.15) is 5.10 Å². The van der Waals surface area contributed by atoms with Crippen molar-refractivity contribution in [2.45, 2.75) is 39.7 Å². The van der Waals surface area contributed by atoms with Gasteiger partial charge in [-0.1, -0.05) is 12.1 Å². The van der Waals surface area contributed by atoms with Crippen molar-refractivity contribution < 1.29 is 4.79 Å². The molecule has 4 rings (SSSR count). The number of carbonyl (C=O) groups is 1. The van der Waals surface area contributed by atoms with Crippen LogP contribution in [-0.4, -0.2) is 28.8 Å². The van der Waals surface area contributed by atoms with Crippen LogP contribution in [0.1, 0.15) is 46.6 Å². The first-order valence-electron chi connectivity index (χ1n) is 10.3. The lowest BCUT2D eigenvalue weighted by molar-refractivity contribution is 0.102. The number of amides is 1. The third-order valence-electron chi connectivity index (χ3n) is 5.50. The van der Waals surface area contributed by atoms with Crippen molar-refractivity contribution in [2.24, 2.45) is 0 Å². The van der Waals surface area contributed by atoms with Crippen LogP contribution in [-0.2, 0) is 6.54 Å². The number of benzene rings is 2. The second-order valence-corrected chi connectivity index (χ2v) is 7.83. The summed E-state index contributed by atoms with van der Waals surface area (Å²) in [7, 11) is 0. The van der Waals surface area contributed by atoms with Gasteiger partial charge in [-0.15, -0.1) is 0 Å². The minimum absolute atomic E-state index is 0.0895. The predicted molar refractivity (Wildman–Crippen MR) is 118 cm³/mol. The predicted octanol–water partition coefficient (Wildman–Crippen LogP) is 4.79. The van der Waals surface area contributed by atoms with Crippen molar-refractivity contribution in [1.29, 1.82) is 0 Å². The van der Waals surface area contributed by atoms with Gasteiger partial charge in [0.2, 0.25) is 0 Å². The van der Waals surface area contributed by atoms with Gasteiger partial charge in [0.15, 0.2) is 0 Å². The molecule has 0 unspecified atom stereocenters. The van der Waals surface area contributed by atoms with E-state index in [1.807, 2.05) is 48.0 Å². The highest BCUT2D eigenvalue weighted by atomic mass is 16.1. The van der Waals surface area contributed by atoms with E-state index < -0.39 is 0 Å². The van der Waals surface area contributed by atoms with E-state index in [-0.39, 0.29) is 5.91 Å². The molecule has 150 valence electrons. The number of piperidine rings is 1. The number of hydrogen-bond donors (Lipinski definition) is 1. The van der Waals surface area contributed by atoms with Crippen molar-refractivity contribution in [2.75, 3.05) is 23.3 Å². The molecule has 1 N–H and O–H groups in total. The molecule has 5 heteroatoms. The molecular formula is C24H28N4O. The van der Waals surface area contributed by atoms with Gasteiger partial charge in [0.25, 0.3) is 5.91 Å². The molecule has 0 spiro atoms. The lowest BCUT2D eigenvalue weighted by Gasteiger charge is -2.28. The van der Waals surface area contributed by atoms with Crippen molar-refractivity contribution >= 4 is 17.3 Å². The molecule has 1 aromatic heterocycles. The van der Waals surface area contributed by atoms with Gasteiger partial charge < -0.3 is 10.2 Å². The van der Waals surface area contributed by atoms with Gasteiger partial charge in [-0.05, 0) is 81.1 Å². The summed E-state index contributed by atoms with van der Waals surface area (Å²) in [5.74, 6) is -0.0895. The second-order valence-electron chi connectivity index (χ2n) is 7.83. The van der Waals surface area contributed by atoms with Crippen molar-refractivity contribution in [1.82, 2.24) is 9.78 Å². The van der Waals surface area contributed by atoms with E-state index in [0.29, 0.717) is 12.1 Å². The molecule has 29 heavy (non-hydrogen) atoms. The topological polar surface area (TPSA) is 50.2 Å². The minimum Gasteiger partial charge on any atom is -0.372 e. The molecule has 1 saturated heterocycles. The molecule has 0 bridgehead atoms. The van der Waals surface area contributed by atoms with Gasteiger partial charge in [0, 0.05) is 35.7 Å². The quantitative estimate of drug-likeness (QED) is 0.684. The Morgan fingerprint density at radius 3 is 2.28 bits per heavy atom. The van der Waals surface area contributed by atoms with E-state index in [1.54, 1.807) is 0 Å². The highest BCUT2D eigenvalue weighted by Gasteiger charge is 2.11. The van der Waals surface area contributed by atoms with Crippen LogP contribution < -0.4 is 10.2 Å². The van der Waals surface area contributed by atoms with Crippen LogP contribution in [0.2, 0.25) is 0 Å². The minimum atomic E-state index is -0.0895. The first-order valence-corrected chi connectivity index (χ1v) is 10.3. The molecule has 5 nitrogen and oxygen atoms in total. The monoisotopic (exact) mass is 388 g/mol. The summed E-state index contributed by atoms with van der Waals surface area (Å²) in [6.07, 6.45) is 3.84. The lowest BCUT2D eigenvalue weighted by Crippen LogP contribution is -2.29. The zero-order valence-corrected chi connectivity index (χ0v) is 17.2. The van der Waals surface area contributed by atoms with E-state index in [1.165, 1.54) is 24.9 Å². The highest BCUT2D eigenvalue weighted by molar-refractivity contribution is 6.04. The fourth-order valence-electron chi connectivity index (χ4n) is 3.88. The summed E-state index contributed by atoms with van der Waals surface area (Å²) in [5, 5.41) is 7.49. The number of hydrogen-bond acceptors (Lipinski definition) is 3. The normalized spacial score (nSPS) is 14.1. The lowest BCUT2D eigenvalue weighted by atomic mass is 10.1. The third kappa shape index (κ3) is 4.67. The molecule has 1 amide bonds.